The van der Waals surface area contributed by atoms with Crippen LogP contribution in [-0.2, 0) is 11.2 Å². The van der Waals surface area contributed by atoms with Gasteiger partial charge in [0.1, 0.15) is 6.29 Å². The first-order chi connectivity index (χ1) is 8.17. The molecule has 0 heterocycles. The lowest BCUT2D eigenvalue weighted by molar-refractivity contribution is -0.106. The molecule has 0 fully saturated rings. The van der Waals surface area contributed by atoms with E-state index in [2.05, 4.69) is 6.07 Å². The lowest BCUT2D eigenvalue weighted by atomic mass is 10.0. The quantitative estimate of drug-likeness (QED) is 0.745. The molecule has 1 aliphatic carbocycles. The second-order valence-electron chi connectivity index (χ2n) is 4.42. The summed E-state index contributed by atoms with van der Waals surface area (Å²) in [5.41, 5.74) is 4.14. The van der Waals surface area contributed by atoms with Crippen LogP contribution < -0.4 is 4.90 Å². The Morgan fingerprint density at radius 1 is 1.35 bits per heavy atom. The van der Waals surface area contributed by atoms with Crippen LogP contribution in [0.4, 0.5) is 5.69 Å². The van der Waals surface area contributed by atoms with Gasteiger partial charge in [0.15, 0.2) is 5.78 Å². The normalized spacial score (nSPS) is 13.6. The van der Waals surface area contributed by atoms with Crippen LogP contribution >= 0.6 is 0 Å². The Labute approximate surface area is 101 Å². The number of hydrogen-bond donors (Lipinski definition) is 0. The van der Waals surface area contributed by atoms with Crippen LogP contribution in [0.25, 0.3) is 0 Å². The molecule has 3 nitrogen and oxygen atoms in total. The van der Waals surface area contributed by atoms with Gasteiger partial charge in [-0.15, -0.1) is 0 Å². The zero-order valence-corrected chi connectivity index (χ0v) is 10.3. The third-order valence-corrected chi connectivity index (χ3v) is 3.36. The molecule has 0 radical (unpaired) electrons. The number of aryl methyl sites for hydroxylation is 2. The molecule has 17 heavy (non-hydrogen) atoms. The number of benzene rings is 1. The Balaban J connectivity index is 2.42. The fraction of sp³-hybridized carbons (Fsp3) is 0.429. The van der Waals surface area contributed by atoms with Crippen LogP contribution in [0.5, 0.6) is 0 Å². The second-order valence-corrected chi connectivity index (χ2v) is 4.42. The zero-order valence-electron chi connectivity index (χ0n) is 10.3. The van der Waals surface area contributed by atoms with Crippen LogP contribution in [0.3, 0.4) is 0 Å². The summed E-state index contributed by atoms with van der Waals surface area (Å²) in [4.78, 5) is 24.3. The summed E-state index contributed by atoms with van der Waals surface area (Å²) in [6.07, 6.45) is 2.37. The van der Waals surface area contributed by atoms with Crippen molar-refractivity contribution >= 4 is 17.8 Å². The van der Waals surface area contributed by atoms with Crippen LogP contribution in [0, 0.1) is 6.92 Å². The van der Waals surface area contributed by atoms with Crippen molar-refractivity contribution in [3.8, 4) is 0 Å². The van der Waals surface area contributed by atoms with Gasteiger partial charge in [-0.25, -0.2) is 0 Å². The predicted molar refractivity (Wildman–Crippen MR) is 67.8 cm³/mol. The number of aldehydes is 1. The third kappa shape index (κ3) is 2.09. The number of rotatable bonds is 4. The number of nitrogens with zero attached hydrogens (tertiary/aromatic N) is 1. The summed E-state index contributed by atoms with van der Waals surface area (Å²) in [5, 5.41) is 0. The summed E-state index contributed by atoms with van der Waals surface area (Å²) in [6.45, 7) is 5.23. The summed E-state index contributed by atoms with van der Waals surface area (Å²) in [7, 11) is 0. The smallest absolute Gasteiger partial charge is 0.163 e. The lowest BCUT2D eigenvalue weighted by Crippen LogP contribution is -2.25. The molecular weight excluding hydrogens is 214 g/mol. The first kappa shape index (κ1) is 11.8. The van der Waals surface area contributed by atoms with E-state index in [9.17, 15) is 9.59 Å². The van der Waals surface area contributed by atoms with E-state index in [-0.39, 0.29) is 5.78 Å². The maximum Gasteiger partial charge on any atom is 0.163 e. The van der Waals surface area contributed by atoms with Gasteiger partial charge in [-0.05, 0) is 43.5 Å². The number of fused-ring (bicyclic) bond motifs is 1. The van der Waals surface area contributed by atoms with Crippen molar-refractivity contribution in [1.29, 1.82) is 0 Å². The van der Waals surface area contributed by atoms with Gasteiger partial charge in [0.2, 0.25) is 0 Å². The van der Waals surface area contributed by atoms with Crippen molar-refractivity contribution < 1.29 is 9.59 Å². The minimum absolute atomic E-state index is 0.244. The molecule has 0 amide bonds. The fourth-order valence-corrected chi connectivity index (χ4v) is 2.42. The van der Waals surface area contributed by atoms with Crippen molar-refractivity contribution in [3.63, 3.8) is 0 Å². The van der Waals surface area contributed by atoms with Gasteiger partial charge in [0.25, 0.3) is 0 Å². The predicted octanol–water partition coefficient (Wildman–Crippen LogP) is 2.15. The average molecular weight is 231 g/mol. The van der Waals surface area contributed by atoms with Crippen molar-refractivity contribution in [2.45, 2.75) is 26.7 Å². The number of likely N-dealkylation sites (N-methyl/N-ethyl adjacent to an activating group) is 1. The molecule has 1 aromatic rings. The Bertz CT molecular complexity index is 466. The van der Waals surface area contributed by atoms with Gasteiger partial charge < -0.3 is 9.69 Å². The third-order valence-electron chi connectivity index (χ3n) is 3.36. The van der Waals surface area contributed by atoms with Gasteiger partial charge in [-0.1, -0.05) is 0 Å². The van der Waals surface area contributed by atoms with E-state index in [1.165, 1.54) is 0 Å². The maximum atomic E-state index is 11.6. The molecule has 3 heteroatoms. The van der Waals surface area contributed by atoms with E-state index < -0.39 is 0 Å². The number of ketones is 1. The highest BCUT2D eigenvalue weighted by Crippen LogP contribution is 2.30. The molecule has 0 saturated carbocycles. The molecule has 0 aliphatic heterocycles. The molecule has 2 rings (SSSR count). The highest BCUT2D eigenvalue weighted by Gasteiger charge is 2.21. The molecule has 0 atom stereocenters. The minimum Gasteiger partial charge on any atom is -0.365 e. The van der Waals surface area contributed by atoms with Gasteiger partial charge in [0, 0.05) is 24.2 Å². The highest BCUT2D eigenvalue weighted by atomic mass is 16.1. The average Bonchev–Trinajstić information content (AvgIpc) is 2.67. The zero-order chi connectivity index (χ0) is 12.4. The van der Waals surface area contributed by atoms with Crippen molar-refractivity contribution in [1.82, 2.24) is 0 Å². The van der Waals surface area contributed by atoms with Crippen LogP contribution in [0.1, 0.15) is 34.8 Å². The molecule has 0 spiro atoms. The van der Waals surface area contributed by atoms with Crippen LogP contribution in [0.2, 0.25) is 0 Å². The molecule has 0 unspecified atom stereocenters. The number of carbonyl (C=O) groups excluding carboxylic acids is 2. The van der Waals surface area contributed by atoms with Crippen molar-refractivity contribution in [3.05, 3.63) is 28.8 Å². The molecule has 0 N–H and O–H groups in total. The molecule has 90 valence electrons. The Hall–Kier alpha value is -1.64. The monoisotopic (exact) mass is 231 g/mol. The van der Waals surface area contributed by atoms with Gasteiger partial charge >= 0.3 is 0 Å². The Morgan fingerprint density at radius 3 is 2.76 bits per heavy atom. The van der Waals surface area contributed by atoms with Gasteiger partial charge in [0.05, 0.1) is 6.54 Å². The molecule has 1 aliphatic rings. The van der Waals surface area contributed by atoms with Crippen LogP contribution in [0.15, 0.2) is 12.1 Å². The van der Waals surface area contributed by atoms with Gasteiger partial charge in [-0.2, -0.15) is 0 Å². The summed E-state index contributed by atoms with van der Waals surface area (Å²) >= 11 is 0. The summed E-state index contributed by atoms with van der Waals surface area (Å²) in [6, 6.07) is 4.04. The summed E-state index contributed by atoms with van der Waals surface area (Å²) in [5.74, 6) is 0.244. The van der Waals surface area contributed by atoms with E-state index in [4.69, 9.17) is 0 Å². The van der Waals surface area contributed by atoms with E-state index in [1.54, 1.807) is 0 Å². The number of hydrogen-bond acceptors (Lipinski definition) is 3. The molecule has 0 bridgehead atoms. The van der Waals surface area contributed by atoms with E-state index >= 15 is 0 Å². The first-order valence-electron chi connectivity index (χ1n) is 6.02. The van der Waals surface area contributed by atoms with E-state index in [1.807, 2.05) is 24.8 Å². The maximum absolute atomic E-state index is 11.6. The first-order valence-corrected chi connectivity index (χ1v) is 6.02. The largest absolute Gasteiger partial charge is 0.365 e. The number of carbonyl (C=O) groups is 2. The SMILES string of the molecule is CCN(CC=O)c1cc2c(cc1C)C(=O)CC2. The van der Waals surface area contributed by atoms with Crippen molar-refractivity contribution in [2.24, 2.45) is 0 Å². The Morgan fingerprint density at radius 2 is 2.12 bits per heavy atom. The lowest BCUT2D eigenvalue weighted by Gasteiger charge is -2.23. The topological polar surface area (TPSA) is 37.4 Å². The molecule has 1 aromatic carbocycles. The standard InChI is InChI=1S/C14H17NO2/c1-3-15(6-7-16)13-9-11-4-5-14(17)12(11)8-10(13)2/h7-9H,3-6H2,1-2H3. The fourth-order valence-electron chi connectivity index (χ4n) is 2.42. The van der Waals surface area contributed by atoms with Gasteiger partial charge in [-0.3, -0.25) is 4.79 Å². The second kappa shape index (κ2) is 4.70. The van der Waals surface area contributed by atoms with E-state index in [0.29, 0.717) is 13.0 Å². The molecular formula is C14H17NO2. The number of Topliss-reactive ketones (excluding diaryl/α,β-unsaturated/α-hetero) is 1. The van der Waals surface area contributed by atoms with Crippen LogP contribution in [-0.4, -0.2) is 25.2 Å². The summed E-state index contributed by atoms with van der Waals surface area (Å²) < 4.78 is 0. The Kier molecular flexibility index (Phi) is 3.27. The minimum atomic E-state index is 0.244. The van der Waals surface area contributed by atoms with Crippen molar-refractivity contribution in [2.75, 3.05) is 18.0 Å². The molecule has 0 aromatic heterocycles. The number of anilines is 1. The molecule has 0 saturated heterocycles. The van der Waals surface area contributed by atoms with E-state index in [0.717, 1.165) is 41.6 Å². The highest BCUT2D eigenvalue weighted by molar-refractivity contribution is 6.01.